The van der Waals surface area contributed by atoms with Gasteiger partial charge in [0.2, 0.25) is 0 Å². The van der Waals surface area contributed by atoms with Crippen LogP contribution in [0.25, 0.3) is 0 Å². The SMILES string of the molecule is Fc1cc(NCc2cccc(C3CC3)c2)ccc1Cl. The Kier molecular flexibility index (Phi) is 3.43. The normalized spacial score (nSPS) is 14.4. The monoisotopic (exact) mass is 275 g/mol. The van der Waals surface area contributed by atoms with Crippen molar-refractivity contribution in [3.8, 4) is 0 Å². The zero-order valence-electron chi connectivity index (χ0n) is 10.5. The molecule has 1 aliphatic carbocycles. The third-order valence-electron chi connectivity index (χ3n) is 3.42. The summed E-state index contributed by atoms with van der Waals surface area (Å²) in [7, 11) is 0. The largest absolute Gasteiger partial charge is 0.381 e. The van der Waals surface area contributed by atoms with Gasteiger partial charge in [-0.3, -0.25) is 0 Å². The topological polar surface area (TPSA) is 12.0 Å². The Bertz CT molecular complexity index is 593. The van der Waals surface area contributed by atoms with Gasteiger partial charge in [0.1, 0.15) is 5.82 Å². The van der Waals surface area contributed by atoms with Gasteiger partial charge in [0.05, 0.1) is 5.02 Å². The van der Waals surface area contributed by atoms with E-state index < -0.39 is 5.82 Å². The van der Waals surface area contributed by atoms with Crippen molar-refractivity contribution < 1.29 is 4.39 Å². The summed E-state index contributed by atoms with van der Waals surface area (Å²) < 4.78 is 13.3. The van der Waals surface area contributed by atoms with Crippen LogP contribution in [0.5, 0.6) is 0 Å². The lowest BCUT2D eigenvalue weighted by Crippen LogP contribution is -2.00. The molecule has 2 aromatic carbocycles. The summed E-state index contributed by atoms with van der Waals surface area (Å²) in [5.74, 6) is 0.367. The minimum Gasteiger partial charge on any atom is -0.381 e. The number of hydrogen-bond donors (Lipinski definition) is 1. The minimum absolute atomic E-state index is 0.154. The molecule has 19 heavy (non-hydrogen) atoms. The van der Waals surface area contributed by atoms with Crippen molar-refractivity contribution in [2.75, 3.05) is 5.32 Å². The fraction of sp³-hybridized carbons (Fsp3) is 0.250. The van der Waals surface area contributed by atoms with Crippen molar-refractivity contribution >= 4 is 17.3 Å². The van der Waals surface area contributed by atoms with Gasteiger partial charge in [-0.05, 0) is 48.1 Å². The zero-order chi connectivity index (χ0) is 13.2. The number of rotatable bonds is 4. The third kappa shape index (κ3) is 3.07. The Morgan fingerprint density at radius 1 is 1.16 bits per heavy atom. The number of nitrogens with one attached hydrogen (secondary N) is 1. The summed E-state index contributed by atoms with van der Waals surface area (Å²) in [5.41, 5.74) is 3.39. The molecule has 0 aliphatic heterocycles. The first-order valence-corrected chi connectivity index (χ1v) is 6.88. The number of halogens is 2. The Morgan fingerprint density at radius 3 is 2.74 bits per heavy atom. The molecule has 0 unspecified atom stereocenters. The molecule has 0 heterocycles. The molecule has 2 aromatic rings. The summed E-state index contributed by atoms with van der Waals surface area (Å²) in [5, 5.41) is 3.37. The van der Waals surface area contributed by atoms with Gasteiger partial charge in [0.15, 0.2) is 0 Å². The van der Waals surface area contributed by atoms with Crippen molar-refractivity contribution in [1.29, 1.82) is 0 Å². The molecule has 0 spiro atoms. The fourth-order valence-corrected chi connectivity index (χ4v) is 2.30. The maximum absolute atomic E-state index is 13.3. The van der Waals surface area contributed by atoms with Crippen molar-refractivity contribution in [1.82, 2.24) is 0 Å². The molecule has 0 atom stereocenters. The predicted molar refractivity (Wildman–Crippen MR) is 77.2 cm³/mol. The highest BCUT2D eigenvalue weighted by atomic mass is 35.5. The number of hydrogen-bond acceptors (Lipinski definition) is 1. The second kappa shape index (κ2) is 5.22. The van der Waals surface area contributed by atoms with Crippen LogP contribution < -0.4 is 5.32 Å². The first kappa shape index (κ1) is 12.5. The van der Waals surface area contributed by atoms with Crippen LogP contribution in [0, 0.1) is 5.82 Å². The molecule has 0 amide bonds. The van der Waals surface area contributed by atoms with Crippen molar-refractivity contribution in [3.63, 3.8) is 0 Å². The highest BCUT2D eigenvalue weighted by Crippen LogP contribution is 2.40. The quantitative estimate of drug-likeness (QED) is 0.831. The van der Waals surface area contributed by atoms with Crippen LogP contribution >= 0.6 is 11.6 Å². The summed E-state index contributed by atoms with van der Waals surface area (Å²) in [6.45, 7) is 0.696. The molecule has 3 heteroatoms. The van der Waals surface area contributed by atoms with E-state index in [4.69, 9.17) is 11.6 Å². The summed E-state index contributed by atoms with van der Waals surface area (Å²) >= 11 is 5.66. The van der Waals surface area contributed by atoms with E-state index in [-0.39, 0.29) is 5.02 Å². The van der Waals surface area contributed by atoms with E-state index in [1.54, 1.807) is 12.1 Å². The first-order valence-electron chi connectivity index (χ1n) is 6.50. The van der Waals surface area contributed by atoms with Crippen LogP contribution in [0.3, 0.4) is 0 Å². The van der Waals surface area contributed by atoms with Crippen LogP contribution in [0.2, 0.25) is 5.02 Å². The Hall–Kier alpha value is -1.54. The fourth-order valence-electron chi connectivity index (χ4n) is 2.18. The lowest BCUT2D eigenvalue weighted by molar-refractivity contribution is 0.628. The molecule has 0 radical (unpaired) electrons. The van der Waals surface area contributed by atoms with Gasteiger partial charge in [0.25, 0.3) is 0 Å². The van der Waals surface area contributed by atoms with Gasteiger partial charge in [0, 0.05) is 12.2 Å². The van der Waals surface area contributed by atoms with Crippen LogP contribution in [0.15, 0.2) is 42.5 Å². The summed E-state index contributed by atoms with van der Waals surface area (Å²) in [6, 6.07) is 13.4. The molecular weight excluding hydrogens is 261 g/mol. The van der Waals surface area contributed by atoms with Crippen molar-refractivity contribution in [2.24, 2.45) is 0 Å². The molecule has 1 fully saturated rings. The summed E-state index contributed by atoms with van der Waals surface area (Å²) in [4.78, 5) is 0. The molecule has 0 aromatic heterocycles. The molecule has 1 aliphatic rings. The molecule has 3 rings (SSSR count). The van der Waals surface area contributed by atoms with Crippen LogP contribution in [0.1, 0.15) is 29.9 Å². The van der Waals surface area contributed by atoms with Crippen LogP contribution in [-0.2, 0) is 6.54 Å². The molecule has 1 N–H and O–H groups in total. The maximum atomic E-state index is 13.3. The van der Waals surface area contributed by atoms with Crippen LogP contribution in [-0.4, -0.2) is 0 Å². The van der Waals surface area contributed by atoms with Gasteiger partial charge in [-0.25, -0.2) is 4.39 Å². The van der Waals surface area contributed by atoms with Gasteiger partial charge in [-0.1, -0.05) is 35.9 Å². The van der Waals surface area contributed by atoms with E-state index >= 15 is 0 Å². The van der Waals surface area contributed by atoms with Crippen molar-refractivity contribution in [2.45, 2.75) is 25.3 Å². The van der Waals surface area contributed by atoms with E-state index in [0.29, 0.717) is 6.54 Å². The van der Waals surface area contributed by atoms with Crippen LogP contribution in [0.4, 0.5) is 10.1 Å². The molecular formula is C16H15ClFN. The molecule has 1 nitrogen and oxygen atoms in total. The predicted octanol–water partition coefficient (Wildman–Crippen LogP) is 4.97. The minimum atomic E-state index is -0.390. The first-order chi connectivity index (χ1) is 9.22. The van der Waals surface area contributed by atoms with E-state index in [1.807, 2.05) is 0 Å². The van der Waals surface area contributed by atoms with E-state index in [2.05, 4.69) is 29.6 Å². The highest BCUT2D eigenvalue weighted by Gasteiger charge is 2.23. The summed E-state index contributed by atoms with van der Waals surface area (Å²) in [6.07, 6.45) is 2.61. The van der Waals surface area contributed by atoms with Gasteiger partial charge >= 0.3 is 0 Å². The maximum Gasteiger partial charge on any atom is 0.143 e. The van der Waals surface area contributed by atoms with Gasteiger partial charge < -0.3 is 5.32 Å². The van der Waals surface area contributed by atoms with E-state index in [0.717, 1.165) is 11.6 Å². The molecule has 98 valence electrons. The Labute approximate surface area is 117 Å². The second-order valence-corrected chi connectivity index (χ2v) is 5.41. The van der Waals surface area contributed by atoms with Gasteiger partial charge in [-0.15, -0.1) is 0 Å². The van der Waals surface area contributed by atoms with Gasteiger partial charge in [-0.2, -0.15) is 0 Å². The van der Waals surface area contributed by atoms with E-state index in [1.165, 1.54) is 30.0 Å². The smallest absolute Gasteiger partial charge is 0.143 e. The number of anilines is 1. The standard InChI is InChI=1S/C16H15ClFN/c17-15-7-6-14(9-16(15)18)19-10-11-2-1-3-13(8-11)12-4-5-12/h1-3,6-9,12,19H,4-5,10H2. The zero-order valence-corrected chi connectivity index (χ0v) is 11.3. The average molecular weight is 276 g/mol. The highest BCUT2D eigenvalue weighted by molar-refractivity contribution is 6.30. The van der Waals surface area contributed by atoms with E-state index in [9.17, 15) is 4.39 Å². The molecule has 0 bridgehead atoms. The number of benzene rings is 2. The lowest BCUT2D eigenvalue weighted by Gasteiger charge is -2.08. The third-order valence-corrected chi connectivity index (χ3v) is 3.72. The second-order valence-electron chi connectivity index (χ2n) is 5.00. The van der Waals surface area contributed by atoms with Crippen molar-refractivity contribution in [3.05, 3.63) is 64.4 Å². The molecule has 0 saturated heterocycles. The molecule has 1 saturated carbocycles. The average Bonchev–Trinajstić information content (AvgIpc) is 3.25. The Morgan fingerprint density at radius 2 is 2.00 bits per heavy atom. The lowest BCUT2D eigenvalue weighted by atomic mass is 10.1. The Balaban J connectivity index is 1.68.